The smallest absolute Gasteiger partial charge is 0.0595 e. The van der Waals surface area contributed by atoms with Gasteiger partial charge in [0.25, 0.3) is 0 Å². The standard InChI is InChI=1S/C16H25Cl2N/c1-3-5-6-7-8-9-16(19-4-2)13-10-11-14(17)15(18)12-13/h10-12,16,19H,3-9H2,1-2H3. The highest BCUT2D eigenvalue weighted by Crippen LogP contribution is 2.28. The van der Waals surface area contributed by atoms with Gasteiger partial charge in [-0.3, -0.25) is 0 Å². The summed E-state index contributed by atoms with van der Waals surface area (Å²) in [6.45, 7) is 5.36. The molecule has 1 rings (SSSR count). The predicted octanol–water partition coefficient (Wildman–Crippen LogP) is 6.00. The van der Waals surface area contributed by atoms with Gasteiger partial charge in [-0.1, -0.05) is 75.2 Å². The molecular weight excluding hydrogens is 277 g/mol. The molecule has 0 radical (unpaired) electrons. The van der Waals surface area contributed by atoms with Crippen LogP contribution in [0.2, 0.25) is 10.0 Å². The molecule has 19 heavy (non-hydrogen) atoms. The lowest BCUT2D eigenvalue weighted by molar-refractivity contribution is 0.479. The Balaban J connectivity index is 2.53. The summed E-state index contributed by atoms with van der Waals surface area (Å²) in [6, 6.07) is 6.35. The molecule has 108 valence electrons. The Labute approximate surface area is 127 Å². The van der Waals surface area contributed by atoms with Crippen molar-refractivity contribution in [2.75, 3.05) is 6.54 Å². The molecule has 0 spiro atoms. The molecule has 0 aliphatic rings. The van der Waals surface area contributed by atoms with Crippen LogP contribution in [0.4, 0.5) is 0 Å². The Morgan fingerprint density at radius 3 is 2.37 bits per heavy atom. The van der Waals surface area contributed by atoms with E-state index >= 15 is 0 Å². The van der Waals surface area contributed by atoms with E-state index in [0.29, 0.717) is 16.1 Å². The number of unbranched alkanes of at least 4 members (excludes halogenated alkanes) is 4. The van der Waals surface area contributed by atoms with E-state index in [-0.39, 0.29) is 0 Å². The number of benzene rings is 1. The zero-order valence-electron chi connectivity index (χ0n) is 12.0. The lowest BCUT2D eigenvalue weighted by Crippen LogP contribution is -2.20. The molecule has 1 atom stereocenters. The second kappa shape index (κ2) is 9.63. The van der Waals surface area contributed by atoms with Crippen LogP contribution in [-0.2, 0) is 0 Å². The predicted molar refractivity (Wildman–Crippen MR) is 86.3 cm³/mol. The van der Waals surface area contributed by atoms with Crippen LogP contribution in [0.25, 0.3) is 0 Å². The van der Waals surface area contributed by atoms with Gasteiger partial charge in [-0.05, 0) is 30.7 Å². The van der Waals surface area contributed by atoms with Gasteiger partial charge in [0.2, 0.25) is 0 Å². The van der Waals surface area contributed by atoms with Crippen molar-refractivity contribution >= 4 is 23.2 Å². The molecule has 1 nitrogen and oxygen atoms in total. The van der Waals surface area contributed by atoms with Crippen LogP contribution < -0.4 is 5.32 Å². The Morgan fingerprint density at radius 2 is 1.74 bits per heavy atom. The average Bonchev–Trinajstić information content (AvgIpc) is 2.40. The van der Waals surface area contributed by atoms with Crippen LogP contribution in [0.15, 0.2) is 18.2 Å². The first-order chi connectivity index (χ1) is 9.19. The maximum atomic E-state index is 6.10. The highest BCUT2D eigenvalue weighted by Gasteiger charge is 2.11. The molecule has 3 heteroatoms. The molecule has 0 saturated heterocycles. The maximum absolute atomic E-state index is 6.10. The summed E-state index contributed by atoms with van der Waals surface area (Å²) in [5.74, 6) is 0. The maximum Gasteiger partial charge on any atom is 0.0595 e. The number of rotatable bonds is 9. The van der Waals surface area contributed by atoms with Gasteiger partial charge in [-0.25, -0.2) is 0 Å². The SMILES string of the molecule is CCCCCCCC(NCC)c1ccc(Cl)c(Cl)c1. The topological polar surface area (TPSA) is 12.0 Å². The van der Waals surface area contributed by atoms with Crippen LogP contribution in [-0.4, -0.2) is 6.54 Å². The third kappa shape index (κ3) is 6.16. The molecule has 0 aliphatic heterocycles. The fourth-order valence-electron chi connectivity index (χ4n) is 2.31. The first kappa shape index (κ1) is 16.8. The molecule has 0 amide bonds. The lowest BCUT2D eigenvalue weighted by Gasteiger charge is -2.19. The van der Waals surface area contributed by atoms with E-state index in [1.165, 1.54) is 37.7 Å². The summed E-state index contributed by atoms with van der Waals surface area (Å²) in [5, 5.41) is 4.81. The molecule has 0 heterocycles. The zero-order chi connectivity index (χ0) is 14.1. The van der Waals surface area contributed by atoms with Gasteiger partial charge in [-0.2, -0.15) is 0 Å². The minimum absolute atomic E-state index is 0.390. The second-order valence-electron chi connectivity index (χ2n) is 4.99. The lowest BCUT2D eigenvalue weighted by atomic mass is 9.99. The highest BCUT2D eigenvalue weighted by molar-refractivity contribution is 6.42. The van der Waals surface area contributed by atoms with Gasteiger partial charge in [0.05, 0.1) is 10.0 Å². The van der Waals surface area contributed by atoms with Gasteiger partial charge in [0.15, 0.2) is 0 Å². The van der Waals surface area contributed by atoms with Crippen molar-refractivity contribution < 1.29 is 0 Å². The molecule has 0 saturated carbocycles. The number of hydrogen-bond donors (Lipinski definition) is 1. The first-order valence-corrected chi connectivity index (χ1v) is 8.13. The van der Waals surface area contributed by atoms with Crippen molar-refractivity contribution in [1.29, 1.82) is 0 Å². The molecular formula is C16H25Cl2N. The Hall–Kier alpha value is -0.240. The highest BCUT2D eigenvalue weighted by atomic mass is 35.5. The zero-order valence-corrected chi connectivity index (χ0v) is 13.5. The Morgan fingerprint density at radius 1 is 1.00 bits per heavy atom. The van der Waals surface area contributed by atoms with E-state index in [1.807, 2.05) is 12.1 Å². The number of hydrogen-bond acceptors (Lipinski definition) is 1. The van der Waals surface area contributed by atoms with E-state index in [2.05, 4.69) is 25.2 Å². The van der Waals surface area contributed by atoms with Crippen molar-refractivity contribution in [2.24, 2.45) is 0 Å². The molecule has 0 bridgehead atoms. The molecule has 0 aliphatic carbocycles. The monoisotopic (exact) mass is 301 g/mol. The van der Waals surface area contributed by atoms with Crippen molar-refractivity contribution in [1.82, 2.24) is 5.32 Å². The normalized spacial score (nSPS) is 12.6. The third-order valence-electron chi connectivity index (χ3n) is 3.39. The summed E-state index contributed by atoms with van der Waals surface area (Å²) in [7, 11) is 0. The summed E-state index contributed by atoms with van der Waals surface area (Å²) in [6.07, 6.45) is 7.73. The van der Waals surface area contributed by atoms with Gasteiger partial charge in [0, 0.05) is 6.04 Å². The molecule has 1 aromatic carbocycles. The summed E-state index contributed by atoms with van der Waals surface area (Å²) in [5.41, 5.74) is 1.24. The van der Waals surface area contributed by atoms with Gasteiger partial charge in [0.1, 0.15) is 0 Å². The number of halogens is 2. The van der Waals surface area contributed by atoms with Gasteiger partial charge >= 0.3 is 0 Å². The van der Waals surface area contributed by atoms with Crippen LogP contribution in [0.5, 0.6) is 0 Å². The molecule has 1 aromatic rings. The van der Waals surface area contributed by atoms with Crippen molar-refractivity contribution in [2.45, 2.75) is 58.4 Å². The van der Waals surface area contributed by atoms with Gasteiger partial charge < -0.3 is 5.32 Å². The van der Waals surface area contributed by atoms with E-state index in [1.54, 1.807) is 0 Å². The van der Waals surface area contributed by atoms with Crippen molar-refractivity contribution in [3.05, 3.63) is 33.8 Å². The number of nitrogens with one attached hydrogen (secondary N) is 1. The minimum Gasteiger partial charge on any atom is -0.310 e. The molecule has 1 N–H and O–H groups in total. The van der Waals surface area contributed by atoms with Crippen LogP contribution in [0.1, 0.15) is 64.0 Å². The summed E-state index contributed by atoms with van der Waals surface area (Å²) in [4.78, 5) is 0. The Kier molecular flexibility index (Phi) is 8.52. The van der Waals surface area contributed by atoms with Crippen LogP contribution in [0, 0.1) is 0 Å². The Bertz CT molecular complexity index is 366. The average molecular weight is 302 g/mol. The fraction of sp³-hybridized carbons (Fsp3) is 0.625. The van der Waals surface area contributed by atoms with E-state index in [9.17, 15) is 0 Å². The van der Waals surface area contributed by atoms with Crippen LogP contribution in [0.3, 0.4) is 0 Å². The quantitative estimate of drug-likeness (QED) is 0.551. The summed E-state index contributed by atoms with van der Waals surface area (Å²) >= 11 is 12.1. The van der Waals surface area contributed by atoms with E-state index in [0.717, 1.165) is 13.0 Å². The minimum atomic E-state index is 0.390. The molecule has 0 fully saturated rings. The largest absolute Gasteiger partial charge is 0.310 e. The molecule has 0 aromatic heterocycles. The third-order valence-corrected chi connectivity index (χ3v) is 4.13. The van der Waals surface area contributed by atoms with E-state index in [4.69, 9.17) is 23.2 Å². The summed E-state index contributed by atoms with van der Waals surface area (Å²) < 4.78 is 0. The fourth-order valence-corrected chi connectivity index (χ4v) is 2.62. The second-order valence-corrected chi connectivity index (χ2v) is 5.80. The van der Waals surface area contributed by atoms with Crippen molar-refractivity contribution in [3.8, 4) is 0 Å². The van der Waals surface area contributed by atoms with Gasteiger partial charge in [-0.15, -0.1) is 0 Å². The van der Waals surface area contributed by atoms with Crippen LogP contribution >= 0.6 is 23.2 Å². The van der Waals surface area contributed by atoms with E-state index < -0.39 is 0 Å². The first-order valence-electron chi connectivity index (χ1n) is 7.37. The molecule has 1 unspecified atom stereocenters. The van der Waals surface area contributed by atoms with Crippen molar-refractivity contribution in [3.63, 3.8) is 0 Å².